The molecule has 0 aliphatic carbocycles. The van der Waals surface area contributed by atoms with Crippen LogP contribution in [0.15, 0.2) is 48.5 Å². The smallest absolute Gasteiger partial charge is 0.235 e. The van der Waals surface area contributed by atoms with Crippen LogP contribution in [-0.4, -0.2) is 49.8 Å². The second-order valence-corrected chi connectivity index (χ2v) is 9.24. The highest BCUT2D eigenvalue weighted by molar-refractivity contribution is 5.99. The van der Waals surface area contributed by atoms with Gasteiger partial charge in [-0.2, -0.15) is 0 Å². The highest BCUT2D eigenvalue weighted by Gasteiger charge is 2.43. The largest absolute Gasteiger partial charge is 0.494 e. The van der Waals surface area contributed by atoms with Crippen molar-refractivity contribution in [2.45, 2.75) is 56.9 Å². The van der Waals surface area contributed by atoms with E-state index < -0.39 is 5.41 Å². The van der Waals surface area contributed by atoms with Crippen molar-refractivity contribution in [3.63, 3.8) is 0 Å². The van der Waals surface area contributed by atoms with E-state index in [4.69, 9.17) is 9.47 Å². The van der Waals surface area contributed by atoms with Crippen molar-refractivity contribution in [1.29, 1.82) is 0 Å². The Morgan fingerprint density at radius 3 is 2.64 bits per heavy atom. The minimum atomic E-state index is -0.926. The van der Waals surface area contributed by atoms with E-state index in [9.17, 15) is 9.18 Å². The molecule has 2 saturated heterocycles. The van der Waals surface area contributed by atoms with Crippen LogP contribution in [-0.2, 0) is 14.9 Å². The maximum Gasteiger partial charge on any atom is 0.235 e. The molecule has 33 heavy (non-hydrogen) atoms. The predicted molar refractivity (Wildman–Crippen MR) is 128 cm³/mol. The summed E-state index contributed by atoms with van der Waals surface area (Å²) in [6.45, 7) is 6.11. The molecule has 178 valence electrons. The third-order valence-corrected chi connectivity index (χ3v) is 7.08. The van der Waals surface area contributed by atoms with Crippen LogP contribution in [0.4, 0.5) is 10.1 Å². The fourth-order valence-electron chi connectivity index (χ4n) is 5.02. The van der Waals surface area contributed by atoms with E-state index in [2.05, 4.69) is 17.1 Å². The van der Waals surface area contributed by atoms with Gasteiger partial charge in [0.15, 0.2) is 0 Å². The van der Waals surface area contributed by atoms with E-state index in [0.717, 1.165) is 18.7 Å². The van der Waals surface area contributed by atoms with Gasteiger partial charge in [0.1, 0.15) is 11.6 Å². The molecule has 2 aromatic carbocycles. The van der Waals surface area contributed by atoms with Crippen LogP contribution in [0, 0.1) is 5.82 Å². The number of carbonyl (C=O) groups excluding carboxylic acids is 1. The highest BCUT2D eigenvalue weighted by Crippen LogP contribution is 2.37. The summed E-state index contributed by atoms with van der Waals surface area (Å²) in [5.41, 5.74) is 0.190. The topological polar surface area (TPSA) is 50.8 Å². The molecule has 2 aliphatic heterocycles. The average molecular weight is 455 g/mol. The van der Waals surface area contributed by atoms with Gasteiger partial charge in [0, 0.05) is 37.1 Å². The second-order valence-electron chi connectivity index (χ2n) is 9.24. The first-order chi connectivity index (χ1) is 16.1. The van der Waals surface area contributed by atoms with Crippen molar-refractivity contribution < 1.29 is 18.7 Å². The lowest BCUT2D eigenvalue weighted by Gasteiger charge is -2.36. The number of rotatable bonds is 8. The maximum atomic E-state index is 14.6. The Morgan fingerprint density at radius 2 is 1.91 bits per heavy atom. The lowest BCUT2D eigenvalue weighted by atomic mass is 9.73. The molecule has 2 fully saturated rings. The zero-order valence-corrected chi connectivity index (χ0v) is 19.5. The normalized spacial score (nSPS) is 20.8. The van der Waals surface area contributed by atoms with Crippen LogP contribution in [0.1, 0.15) is 51.0 Å². The van der Waals surface area contributed by atoms with Gasteiger partial charge < -0.3 is 19.7 Å². The molecule has 2 aromatic rings. The number of anilines is 1. The summed E-state index contributed by atoms with van der Waals surface area (Å²) >= 11 is 0. The highest BCUT2D eigenvalue weighted by atomic mass is 19.1. The predicted octanol–water partition coefficient (Wildman–Crippen LogP) is 5.16. The molecule has 1 amide bonds. The average Bonchev–Trinajstić information content (AvgIpc) is 2.84. The van der Waals surface area contributed by atoms with E-state index in [0.29, 0.717) is 50.0 Å². The number of ether oxygens (including phenoxy) is 2. The fourth-order valence-corrected chi connectivity index (χ4v) is 5.02. The zero-order valence-electron chi connectivity index (χ0n) is 19.5. The van der Waals surface area contributed by atoms with Crippen LogP contribution < -0.4 is 10.1 Å². The van der Waals surface area contributed by atoms with Gasteiger partial charge in [-0.25, -0.2) is 4.39 Å². The zero-order chi connectivity index (χ0) is 23.1. The summed E-state index contributed by atoms with van der Waals surface area (Å²) in [6, 6.07) is 14.7. The molecule has 6 heteroatoms. The van der Waals surface area contributed by atoms with Gasteiger partial charge >= 0.3 is 0 Å². The number of piperidine rings is 1. The number of carbonyl (C=O) groups is 1. The van der Waals surface area contributed by atoms with Crippen LogP contribution in [0.2, 0.25) is 0 Å². The summed E-state index contributed by atoms with van der Waals surface area (Å²) in [7, 11) is 0. The first-order valence-corrected chi connectivity index (χ1v) is 12.2. The summed E-state index contributed by atoms with van der Waals surface area (Å²) in [5.74, 6) is 0.243. The number of benzene rings is 2. The van der Waals surface area contributed by atoms with Gasteiger partial charge in [-0.15, -0.1) is 0 Å². The number of halogens is 1. The number of nitrogens with zero attached hydrogens (tertiary/aromatic N) is 1. The monoisotopic (exact) mass is 454 g/mol. The minimum Gasteiger partial charge on any atom is -0.494 e. The first-order valence-electron chi connectivity index (χ1n) is 12.2. The third kappa shape index (κ3) is 5.74. The van der Waals surface area contributed by atoms with Crippen molar-refractivity contribution >= 4 is 11.6 Å². The van der Waals surface area contributed by atoms with Crippen LogP contribution in [0.3, 0.4) is 0 Å². The van der Waals surface area contributed by atoms with Gasteiger partial charge in [0.25, 0.3) is 0 Å². The summed E-state index contributed by atoms with van der Waals surface area (Å²) in [4.78, 5) is 15.9. The summed E-state index contributed by atoms with van der Waals surface area (Å²) in [6.07, 6.45) is 5.83. The quantitative estimate of drug-likeness (QED) is 0.560. The third-order valence-electron chi connectivity index (χ3n) is 7.08. The molecule has 0 unspecified atom stereocenters. The Kier molecular flexibility index (Phi) is 7.99. The van der Waals surface area contributed by atoms with E-state index in [-0.39, 0.29) is 11.7 Å². The molecular weight excluding hydrogens is 419 g/mol. The molecule has 0 bridgehead atoms. The van der Waals surface area contributed by atoms with E-state index in [1.165, 1.54) is 31.9 Å². The second kappa shape index (κ2) is 11.1. The molecule has 2 aliphatic rings. The molecule has 0 radical (unpaired) electrons. The molecule has 0 aromatic heterocycles. The molecule has 1 N–H and O–H groups in total. The summed E-state index contributed by atoms with van der Waals surface area (Å²) < 4.78 is 26.0. The van der Waals surface area contributed by atoms with Gasteiger partial charge in [-0.05, 0) is 75.9 Å². The van der Waals surface area contributed by atoms with Crippen molar-refractivity contribution in [2.75, 3.05) is 38.2 Å². The van der Waals surface area contributed by atoms with Gasteiger partial charge in [0.05, 0.1) is 12.0 Å². The molecule has 0 saturated carbocycles. The Hall–Kier alpha value is -2.44. The molecular formula is C27H35FN2O3. The van der Waals surface area contributed by atoms with Gasteiger partial charge in [-0.3, -0.25) is 4.79 Å². The molecule has 2 heterocycles. The molecule has 0 spiro atoms. The van der Waals surface area contributed by atoms with Crippen LogP contribution in [0.25, 0.3) is 0 Å². The SMILES string of the molecule is C[C@@H]1CCCCN1CCCOc1ccc(NC(=O)C2(c3ccccc3F)CCOCC2)cc1. The van der Waals surface area contributed by atoms with Crippen LogP contribution in [0.5, 0.6) is 5.75 Å². The van der Waals surface area contributed by atoms with E-state index in [1.807, 2.05) is 24.3 Å². The number of hydrogen-bond donors (Lipinski definition) is 1. The Bertz CT molecular complexity index is 912. The Labute approximate surface area is 196 Å². The molecule has 5 nitrogen and oxygen atoms in total. The molecule has 1 atom stereocenters. The standard InChI is InChI=1S/C27H35FN2O3/c1-21-7-4-5-16-30(21)17-6-18-33-23-12-10-22(11-13-23)29-26(31)27(14-19-32-20-15-27)24-8-2-3-9-25(24)28/h2-3,8-13,21H,4-7,14-20H2,1H3,(H,29,31)/t21-/m1/s1. The Balaban J connectivity index is 1.33. The maximum absolute atomic E-state index is 14.6. The van der Waals surface area contributed by atoms with Crippen molar-refractivity contribution in [3.05, 3.63) is 59.9 Å². The number of amides is 1. The van der Waals surface area contributed by atoms with Gasteiger partial charge in [-0.1, -0.05) is 24.6 Å². The molecule has 4 rings (SSSR count). The Morgan fingerprint density at radius 1 is 1.15 bits per heavy atom. The lowest BCUT2D eigenvalue weighted by molar-refractivity contribution is -0.125. The number of nitrogens with one attached hydrogen (secondary N) is 1. The fraction of sp³-hybridized carbons (Fsp3) is 0.519. The number of likely N-dealkylation sites (tertiary alicyclic amines) is 1. The van der Waals surface area contributed by atoms with Crippen LogP contribution >= 0.6 is 0 Å². The van der Waals surface area contributed by atoms with Gasteiger partial charge in [0.2, 0.25) is 5.91 Å². The van der Waals surface area contributed by atoms with Crippen molar-refractivity contribution in [1.82, 2.24) is 4.90 Å². The van der Waals surface area contributed by atoms with E-state index >= 15 is 0 Å². The number of hydrogen-bond acceptors (Lipinski definition) is 4. The van der Waals surface area contributed by atoms with E-state index in [1.54, 1.807) is 18.2 Å². The summed E-state index contributed by atoms with van der Waals surface area (Å²) in [5, 5.41) is 3.00. The van der Waals surface area contributed by atoms with Crippen molar-refractivity contribution in [2.24, 2.45) is 0 Å². The lowest BCUT2D eigenvalue weighted by Crippen LogP contribution is -2.45. The van der Waals surface area contributed by atoms with Crippen molar-refractivity contribution in [3.8, 4) is 5.75 Å². The minimum absolute atomic E-state index is 0.194. The first kappa shape index (κ1) is 23.7.